The monoisotopic (exact) mass is 395 g/mol. The number of benzene rings is 3. The number of hydrogen-bond donors (Lipinski definition) is 1. The quantitative estimate of drug-likeness (QED) is 0.676. The van der Waals surface area contributed by atoms with Crippen molar-refractivity contribution in [1.82, 2.24) is 4.90 Å². The lowest BCUT2D eigenvalue weighted by molar-refractivity contribution is -0.127. The maximum atomic E-state index is 13.9. The Morgan fingerprint density at radius 2 is 1.60 bits per heavy atom. The van der Waals surface area contributed by atoms with E-state index in [1.165, 1.54) is 0 Å². The highest BCUT2D eigenvalue weighted by Crippen LogP contribution is 2.48. The molecule has 1 atom stereocenters. The maximum absolute atomic E-state index is 13.9. The number of amides is 2. The van der Waals surface area contributed by atoms with Crippen molar-refractivity contribution in [2.24, 2.45) is 0 Å². The first-order valence-corrected chi connectivity index (χ1v) is 9.92. The SMILES string of the molecule is C=CCN1C(=O)C2(Nc3ccccc3C(=O)N2Cc2ccccc2)c2ccccc21. The van der Waals surface area contributed by atoms with E-state index in [0.29, 0.717) is 24.3 Å². The van der Waals surface area contributed by atoms with Gasteiger partial charge in [0.1, 0.15) is 0 Å². The van der Waals surface area contributed by atoms with E-state index in [4.69, 9.17) is 0 Å². The van der Waals surface area contributed by atoms with Gasteiger partial charge >= 0.3 is 0 Å². The van der Waals surface area contributed by atoms with Crippen LogP contribution in [0.15, 0.2) is 91.5 Å². The van der Waals surface area contributed by atoms with Crippen LogP contribution >= 0.6 is 0 Å². The molecule has 0 saturated heterocycles. The van der Waals surface area contributed by atoms with Gasteiger partial charge in [-0.25, -0.2) is 0 Å². The summed E-state index contributed by atoms with van der Waals surface area (Å²) < 4.78 is 0. The van der Waals surface area contributed by atoms with E-state index in [1.54, 1.807) is 21.9 Å². The van der Waals surface area contributed by atoms with Gasteiger partial charge in [-0.05, 0) is 23.8 Å². The van der Waals surface area contributed by atoms with Crippen molar-refractivity contribution in [1.29, 1.82) is 0 Å². The predicted molar refractivity (Wildman–Crippen MR) is 117 cm³/mol. The Labute approximate surface area is 175 Å². The first-order chi connectivity index (χ1) is 14.7. The molecule has 1 spiro atoms. The van der Waals surface area contributed by atoms with Crippen LogP contribution < -0.4 is 10.2 Å². The summed E-state index contributed by atoms with van der Waals surface area (Å²) in [6.45, 7) is 4.49. The highest BCUT2D eigenvalue weighted by atomic mass is 16.2. The fourth-order valence-electron chi connectivity index (χ4n) is 4.42. The molecule has 0 aromatic heterocycles. The number of fused-ring (bicyclic) bond motifs is 3. The second-order valence-electron chi connectivity index (χ2n) is 7.48. The Morgan fingerprint density at radius 3 is 2.40 bits per heavy atom. The molecule has 2 amide bonds. The molecular weight excluding hydrogens is 374 g/mol. The number of hydrogen-bond acceptors (Lipinski definition) is 3. The Kier molecular flexibility index (Phi) is 4.17. The minimum Gasteiger partial charge on any atom is -0.350 e. The zero-order valence-electron chi connectivity index (χ0n) is 16.4. The summed E-state index contributed by atoms with van der Waals surface area (Å²) in [5, 5.41) is 3.45. The standard InChI is InChI=1S/C25H21N3O2/c1-2-16-27-22-15-9-7-13-20(22)25(24(27)30)26-21-14-8-6-12-19(21)23(29)28(25)17-18-10-4-3-5-11-18/h2-15,26H,1,16-17H2. The van der Waals surface area contributed by atoms with Crippen LogP contribution in [0.4, 0.5) is 11.4 Å². The predicted octanol–water partition coefficient (Wildman–Crippen LogP) is 4.14. The van der Waals surface area contributed by atoms with E-state index in [0.717, 1.165) is 16.8 Å². The molecule has 0 bridgehead atoms. The van der Waals surface area contributed by atoms with E-state index in [-0.39, 0.29) is 11.8 Å². The van der Waals surface area contributed by atoms with Crippen LogP contribution in [0.25, 0.3) is 0 Å². The van der Waals surface area contributed by atoms with Crippen molar-refractivity contribution in [2.45, 2.75) is 12.2 Å². The van der Waals surface area contributed by atoms with Crippen molar-refractivity contribution in [2.75, 3.05) is 16.8 Å². The van der Waals surface area contributed by atoms with Crippen molar-refractivity contribution in [3.63, 3.8) is 0 Å². The maximum Gasteiger partial charge on any atom is 0.279 e. The van der Waals surface area contributed by atoms with Crippen LogP contribution in [-0.4, -0.2) is 23.3 Å². The molecule has 0 fully saturated rings. The molecule has 0 radical (unpaired) electrons. The summed E-state index contributed by atoms with van der Waals surface area (Å²) in [7, 11) is 0. The van der Waals surface area contributed by atoms with Crippen LogP contribution in [0.2, 0.25) is 0 Å². The zero-order chi connectivity index (χ0) is 20.7. The van der Waals surface area contributed by atoms with Crippen LogP contribution in [0.1, 0.15) is 21.5 Å². The van der Waals surface area contributed by atoms with Gasteiger partial charge in [-0.1, -0.05) is 66.7 Å². The van der Waals surface area contributed by atoms with Crippen molar-refractivity contribution in [3.05, 3.63) is 108 Å². The summed E-state index contributed by atoms with van der Waals surface area (Å²) in [6.07, 6.45) is 1.70. The minimum absolute atomic E-state index is 0.170. The van der Waals surface area contributed by atoms with Gasteiger partial charge < -0.3 is 10.2 Å². The Balaban J connectivity index is 1.74. The van der Waals surface area contributed by atoms with E-state index >= 15 is 0 Å². The summed E-state index contributed by atoms with van der Waals surface area (Å²) in [4.78, 5) is 31.0. The Hall–Kier alpha value is -3.86. The van der Waals surface area contributed by atoms with Crippen molar-refractivity contribution in [3.8, 4) is 0 Å². The van der Waals surface area contributed by atoms with E-state index in [2.05, 4.69) is 11.9 Å². The molecule has 1 N–H and O–H groups in total. The van der Waals surface area contributed by atoms with Gasteiger partial charge in [-0.2, -0.15) is 0 Å². The van der Waals surface area contributed by atoms with Gasteiger partial charge in [0.15, 0.2) is 0 Å². The van der Waals surface area contributed by atoms with E-state index in [1.807, 2.05) is 72.8 Å². The molecule has 5 heteroatoms. The topological polar surface area (TPSA) is 52.7 Å². The number of para-hydroxylation sites is 2. The van der Waals surface area contributed by atoms with E-state index < -0.39 is 5.66 Å². The molecular formula is C25H21N3O2. The summed E-state index contributed by atoms with van der Waals surface area (Å²) >= 11 is 0. The highest BCUT2D eigenvalue weighted by molar-refractivity contribution is 6.15. The number of carbonyl (C=O) groups is 2. The molecule has 3 aromatic carbocycles. The molecule has 148 valence electrons. The van der Waals surface area contributed by atoms with Gasteiger partial charge in [0, 0.05) is 24.3 Å². The molecule has 2 aliphatic heterocycles. The minimum atomic E-state index is -1.30. The molecule has 5 rings (SSSR count). The average molecular weight is 395 g/mol. The number of rotatable bonds is 4. The lowest BCUT2D eigenvalue weighted by Gasteiger charge is -2.45. The number of carbonyl (C=O) groups excluding carboxylic acids is 2. The first kappa shape index (κ1) is 18.2. The molecule has 3 aromatic rings. The molecule has 2 heterocycles. The fraction of sp³-hybridized carbons (Fsp3) is 0.120. The zero-order valence-corrected chi connectivity index (χ0v) is 16.4. The normalized spacial score (nSPS) is 19.5. The summed E-state index contributed by atoms with van der Waals surface area (Å²) in [6, 6.07) is 24.7. The molecule has 30 heavy (non-hydrogen) atoms. The summed E-state index contributed by atoms with van der Waals surface area (Å²) in [5.41, 5.74) is 2.44. The summed E-state index contributed by atoms with van der Waals surface area (Å²) in [5.74, 6) is -0.348. The van der Waals surface area contributed by atoms with Gasteiger partial charge in [0.2, 0.25) is 5.66 Å². The molecule has 2 aliphatic rings. The van der Waals surface area contributed by atoms with Gasteiger partial charge in [-0.3, -0.25) is 14.5 Å². The lowest BCUT2D eigenvalue weighted by atomic mass is 9.92. The first-order valence-electron chi connectivity index (χ1n) is 9.92. The molecule has 1 unspecified atom stereocenters. The van der Waals surface area contributed by atoms with Gasteiger partial charge in [-0.15, -0.1) is 6.58 Å². The molecule has 0 saturated carbocycles. The average Bonchev–Trinajstić information content (AvgIpc) is 3.01. The van der Waals surface area contributed by atoms with E-state index in [9.17, 15) is 9.59 Å². The lowest BCUT2D eigenvalue weighted by Crippen LogP contribution is -2.62. The van der Waals surface area contributed by atoms with Crippen LogP contribution in [0.5, 0.6) is 0 Å². The van der Waals surface area contributed by atoms with Gasteiger partial charge in [0.25, 0.3) is 11.8 Å². The number of nitrogens with zero attached hydrogens (tertiary/aromatic N) is 2. The van der Waals surface area contributed by atoms with Crippen LogP contribution in [0, 0.1) is 0 Å². The highest BCUT2D eigenvalue weighted by Gasteiger charge is 2.58. The third-order valence-corrected chi connectivity index (χ3v) is 5.76. The number of nitrogens with one attached hydrogen (secondary N) is 1. The Bertz CT molecular complexity index is 1160. The Morgan fingerprint density at radius 1 is 0.900 bits per heavy atom. The van der Waals surface area contributed by atoms with Crippen molar-refractivity contribution < 1.29 is 9.59 Å². The smallest absolute Gasteiger partial charge is 0.279 e. The fourth-order valence-corrected chi connectivity index (χ4v) is 4.42. The van der Waals surface area contributed by atoms with Crippen LogP contribution in [-0.2, 0) is 17.0 Å². The molecule has 0 aliphatic carbocycles. The van der Waals surface area contributed by atoms with Crippen LogP contribution in [0.3, 0.4) is 0 Å². The van der Waals surface area contributed by atoms with Gasteiger partial charge in [0.05, 0.1) is 11.3 Å². The molecule has 5 nitrogen and oxygen atoms in total. The van der Waals surface area contributed by atoms with Crippen molar-refractivity contribution >= 4 is 23.2 Å². The number of anilines is 2. The second kappa shape index (κ2) is 6.88. The largest absolute Gasteiger partial charge is 0.350 e. The second-order valence-corrected chi connectivity index (χ2v) is 7.48. The third-order valence-electron chi connectivity index (χ3n) is 5.76. The third kappa shape index (κ3) is 2.48.